The van der Waals surface area contributed by atoms with E-state index in [1.165, 1.54) is 0 Å². The molecule has 0 saturated heterocycles. The average Bonchev–Trinajstić information content (AvgIpc) is 1.43. The minimum absolute atomic E-state index is 0. The zero-order chi connectivity index (χ0) is 10.9. The first-order chi connectivity index (χ1) is 5.41. The van der Waals surface area contributed by atoms with Crippen LogP contribution in [0, 0.1) is 0 Å². The molecule has 0 atom stereocenters. The van der Waals surface area contributed by atoms with Crippen LogP contribution < -0.4 is 0 Å². The number of rotatable bonds is 4. The van der Waals surface area contributed by atoms with Gasteiger partial charge in [0.2, 0.25) is 0 Å². The van der Waals surface area contributed by atoms with Crippen molar-refractivity contribution in [2.45, 2.75) is 0 Å². The Balaban J connectivity index is -0.000000120. The van der Waals surface area contributed by atoms with Crippen LogP contribution in [0.3, 0.4) is 0 Å². The predicted octanol–water partition coefficient (Wildman–Crippen LogP) is -4.36. The van der Waals surface area contributed by atoms with E-state index >= 15 is 0 Å². The molecule has 5 N–H and O–H groups in total. The molecule has 17 heteroatoms. The Hall–Kier alpha value is 4.96. The minimum Gasteiger partial charge on any atom is 0.316 e. The molecule has 0 fully saturated rings. The molecule has 0 aliphatic heterocycles. The van der Waals surface area contributed by atoms with Crippen LogP contribution in [-0.2, 0) is 22.3 Å². The van der Waals surface area contributed by atoms with E-state index in [2.05, 4.69) is 8.62 Å². The average molecular weight is 411 g/mol. The SMILES string of the molecule is O=P(O)(O)OP(=O)(O)OP(=O)(O)O.[CaH2].[CaH2].[CaH2].[MgH2]. The van der Waals surface area contributed by atoms with Gasteiger partial charge in [0, 0.05) is 0 Å². The summed E-state index contributed by atoms with van der Waals surface area (Å²) in [6.45, 7) is 0. The summed E-state index contributed by atoms with van der Waals surface area (Å²) in [6, 6.07) is 0. The van der Waals surface area contributed by atoms with Crippen molar-refractivity contribution in [1.29, 1.82) is 0 Å². The first-order valence-electron chi connectivity index (χ1n) is 2.28. The van der Waals surface area contributed by atoms with Crippen molar-refractivity contribution in [2.75, 3.05) is 0 Å². The molecule has 0 aromatic rings. The van der Waals surface area contributed by atoms with Gasteiger partial charge in [-0.15, -0.1) is 0 Å². The quantitative estimate of drug-likeness (QED) is 0.225. The van der Waals surface area contributed by atoms with E-state index in [9.17, 15) is 13.7 Å². The van der Waals surface area contributed by atoms with Gasteiger partial charge in [-0.3, -0.25) is 0 Å². The Kier molecular flexibility index (Phi) is 26.4. The molecule has 10 nitrogen and oxygen atoms in total. The van der Waals surface area contributed by atoms with E-state index in [1.807, 2.05) is 0 Å². The van der Waals surface area contributed by atoms with Crippen molar-refractivity contribution in [3.8, 4) is 0 Å². The van der Waals surface area contributed by atoms with Gasteiger partial charge in [0.05, 0.1) is 0 Å². The molecule has 0 rings (SSSR count). The molecule has 0 aromatic heterocycles. The van der Waals surface area contributed by atoms with Crippen LogP contribution in [0.1, 0.15) is 0 Å². The number of hydrogen-bond donors (Lipinski definition) is 5. The molecule has 0 bridgehead atoms. The van der Waals surface area contributed by atoms with Crippen LogP contribution in [-0.4, -0.2) is 161 Å². The second kappa shape index (κ2) is 13.4. The first kappa shape index (κ1) is 33.5. The van der Waals surface area contributed by atoms with Crippen LogP contribution in [0.2, 0.25) is 0 Å². The summed E-state index contributed by atoms with van der Waals surface area (Å²) in [7, 11) is -16.2. The van der Waals surface area contributed by atoms with Crippen LogP contribution in [0.15, 0.2) is 0 Å². The zero-order valence-electron chi connectivity index (χ0n) is 5.62. The Morgan fingerprint density at radius 3 is 0.941 bits per heavy atom. The van der Waals surface area contributed by atoms with Crippen molar-refractivity contribution < 1.29 is 46.8 Å². The van der Waals surface area contributed by atoms with Crippen LogP contribution in [0.5, 0.6) is 0 Å². The Labute approximate surface area is 202 Å². The number of phosphoric acid groups is 3. The van der Waals surface area contributed by atoms with E-state index in [0.29, 0.717) is 0 Å². The van der Waals surface area contributed by atoms with Crippen LogP contribution in [0.4, 0.5) is 0 Å². The largest absolute Gasteiger partial charge is 0.316 e. The molecular weight excluding hydrogens is 397 g/mol. The maximum absolute atomic E-state index is 10.4. The molecule has 0 aliphatic carbocycles. The third-order valence-corrected chi connectivity index (χ3v) is 3.77. The van der Waals surface area contributed by atoms with Crippen molar-refractivity contribution in [3.63, 3.8) is 0 Å². The molecule has 0 spiro atoms. The molecule has 0 aliphatic rings. The molecule has 0 radical (unpaired) electrons. The topological polar surface area (TPSA) is 171 Å². The molecule has 0 saturated carbocycles. The van der Waals surface area contributed by atoms with Gasteiger partial charge in [-0.1, -0.05) is 0 Å². The maximum atomic E-state index is 10.4. The van der Waals surface area contributed by atoms with Crippen molar-refractivity contribution in [2.24, 2.45) is 0 Å². The van der Waals surface area contributed by atoms with Gasteiger partial charge < -0.3 is 24.5 Å². The van der Waals surface area contributed by atoms with E-state index in [4.69, 9.17) is 24.5 Å². The van der Waals surface area contributed by atoms with Crippen LogP contribution in [0.25, 0.3) is 0 Å². The summed E-state index contributed by atoms with van der Waals surface area (Å²) < 4.78 is 36.4. The Bertz CT molecular complexity index is 289. The van der Waals surface area contributed by atoms with Gasteiger partial charge in [0.15, 0.2) is 0 Å². The summed E-state index contributed by atoms with van der Waals surface area (Å²) >= 11 is 0. The molecule has 96 valence electrons. The van der Waals surface area contributed by atoms with Gasteiger partial charge in [-0.05, 0) is 0 Å². The summed E-state index contributed by atoms with van der Waals surface area (Å²) in [5, 5.41) is 0. The molecule has 0 unspecified atom stereocenters. The summed E-state index contributed by atoms with van der Waals surface area (Å²) in [5.41, 5.74) is 0. The van der Waals surface area contributed by atoms with E-state index in [-0.39, 0.29) is 136 Å². The van der Waals surface area contributed by atoms with E-state index in [1.54, 1.807) is 0 Å². The van der Waals surface area contributed by atoms with Crippen LogP contribution >= 0.6 is 23.5 Å². The van der Waals surface area contributed by atoms with E-state index < -0.39 is 23.5 Å². The van der Waals surface area contributed by atoms with Crippen molar-refractivity contribution in [3.05, 3.63) is 0 Å². The Morgan fingerprint density at radius 1 is 0.647 bits per heavy atom. The molecular formula is H13Ca3MgO10P3. The van der Waals surface area contributed by atoms with Gasteiger partial charge in [-0.25, -0.2) is 13.7 Å². The fourth-order valence-corrected chi connectivity index (χ4v) is 2.82. The van der Waals surface area contributed by atoms with Gasteiger partial charge in [-0.2, -0.15) is 8.62 Å². The van der Waals surface area contributed by atoms with Gasteiger partial charge in [0.1, 0.15) is 0 Å². The third kappa shape index (κ3) is 26.2. The minimum atomic E-state index is -5.46. The maximum Gasteiger partial charge on any atom is 0.316 e. The second-order valence-electron chi connectivity index (χ2n) is 1.61. The summed E-state index contributed by atoms with van der Waals surface area (Å²) in [5.74, 6) is 0. The predicted molar refractivity (Wildman–Crippen MR) is 70.3 cm³/mol. The Morgan fingerprint density at radius 2 is 0.824 bits per heavy atom. The molecule has 17 heavy (non-hydrogen) atoms. The normalized spacial score (nSPS) is 11.1. The fraction of sp³-hybridized carbons (Fsp3) is 0. The van der Waals surface area contributed by atoms with Crippen molar-refractivity contribution in [1.82, 2.24) is 0 Å². The first-order valence-corrected chi connectivity index (χ1v) is 6.83. The number of hydrogen-bond acceptors (Lipinski definition) is 5. The summed E-state index contributed by atoms with van der Waals surface area (Å²) in [6.07, 6.45) is 0. The zero-order valence-corrected chi connectivity index (χ0v) is 8.30. The fourth-order valence-electron chi connectivity index (χ4n) is 0.284. The standard InChI is InChI=1S/3Ca.Mg.H5O10P3.8H/c;;;;1-11(2,3)9-13(7,8)10-12(4,5)6;;;;;;;;/h;;;;(H,7,8)(H2,1,2,3)(H2,4,5,6);;;;;;;;. The monoisotopic (exact) mass is 410 g/mol. The van der Waals surface area contributed by atoms with Gasteiger partial charge in [0.25, 0.3) is 0 Å². The molecule has 0 heterocycles. The summed E-state index contributed by atoms with van der Waals surface area (Å²) in [4.78, 5) is 40.2. The smallest absolute Gasteiger partial charge is 0.316 e. The van der Waals surface area contributed by atoms with Crippen molar-refractivity contribution >= 4 is 160 Å². The van der Waals surface area contributed by atoms with Gasteiger partial charge >= 0.3 is 160 Å². The second-order valence-corrected chi connectivity index (χ2v) is 5.82. The van der Waals surface area contributed by atoms with E-state index in [0.717, 1.165) is 0 Å². The molecule has 0 amide bonds. The third-order valence-electron chi connectivity index (χ3n) is 0.419. The molecule has 0 aromatic carbocycles.